The van der Waals surface area contributed by atoms with Gasteiger partial charge in [-0.3, -0.25) is 4.99 Å². The Hall–Kier alpha value is -1.06. The highest BCUT2D eigenvalue weighted by Crippen LogP contribution is 2.22. The molecule has 2 aliphatic rings. The Morgan fingerprint density at radius 3 is 2.57 bits per heavy atom. The minimum Gasteiger partial charge on any atom is -0.497 e. The van der Waals surface area contributed by atoms with Gasteiger partial charge < -0.3 is 24.4 Å². The Balaban J connectivity index is 0.00000320. The first-order valence-electron chi connectivity index (χ1n) is 11.0. The summed E-state index contributed by atoms with van der Waals surface area (Å²) in [7, 11) is 3.57. The first-order valence-corrected chi connectivity index (χ1v) is 11.0. The zero-order chi connectivity index (χ0) is 20.5. The van der Waals surface area contributed by atoms with Crippen LogP contribution in [0, 0.1) is 0 Å². The number of nitrogens with zero attached hydrogens (tertiary/aromatic N) is 2. The van der Waals surface area contributed by atoms with Crippen molar-refractivity contribution in [3.05, 3.63) is 29.8 Å². The monoisotopic (exact) mass is 531 g/mol. The summed E-state index contributed by atoms with van der Waals surface area (Å²) in [4.78, 5) is 6.84. The van der Waals surface area contributed by atoms with E-state index in [1.165, 1.54) is 12.0 Å². The Morgan fingerprint density at radius 2 is 1.97 bits per heavy atom. The Labute approximate surface area is 198 Å². The lowest BCUT2D eigenvalue weighted by molar-refractivity contribution is -0.0367. The molecular weight excluding hydrogens is 493 g/mol. The lowest BCUT2D eigenvalue weighted by Gasteiger charge is -2.34. The maximum absolute atomic E-state index is 6.09. The lowest BCUT2D eigenvalue weighted by atomic mass is 9.98. The average Bonchev–Trinajstić information content (AvgIpc) is 3.29. The smallest absolute Gasteiger partial charge is 0.193 e. The summed E-state index contributed by atoms with van der Waals surface area (Å²) >= 11 is 0. The number of halogens is 1. The van der Waals surface area contributed by atoms with E-state index in [1.807, 2.05) is 19.2 Å². The van der Waals surface area contributed by atoms with E-state index in [2.05, 4.69) is 34.3 Å². The van der Waals surface area contributed by atoms with Gasteiger partial charge in [0.25, 0.3) is 0 Å². The van der Waals surface area contributed by atoms with Crippen molar-refractivity contribution in [3.63, 3.8) is 0 Å². The van der Waals surface area contributed by atoms with Gasteiger partial charge in [0.2, 0.25) is 0 Å². The lowest BCUT2D eigenvalue weighted by Crippen LogP contribution is -2.47. The quantitative estimate of drug-likeness (QED) is 0.312. The molecule has 3 rings (SSSR count). The predicted molar refractivity (Wildman–Crippen MR) is 132 cm³/mol. The van der Waals surface area contributed by atoms with Gasteiger partial charge in [-0.25, -0.2) is 0 Å². The highest BCUT2D eigenvalue weighted by molar-refractivity contribution is 14.0. The van der Waals surface area contributed by atoms with Crippen LogP contribution in [0.15, 0.2) is 29.3 Å². The van der Waals surface area contributed by atoms with Crippen LogP contribution in [-0.2, 0) is 9.47 Å². The minimum atomic E-state index is 0. The molecule has 2 saturated heterocycles. The van der Waals surface area contributed by atoms with E-state index in [9.17, 15) is 0 Å². The summed E-state index contributed by atoms with van der Waals surface area (Å²) in [5, 5.41) is 3.54. The number of rotatable bonds is 8. The van der Waals surface area contributed by atoms with Gasteiger partial charge in [-0.15, -0.1) is 24.0 Å². The van der Waals surface area contributed by atoms with Crippen LogP contribution in [0.1, 0.15) is 50.5 Å². The van der Waals surface area contributed by atoms with Crippen molar-refractivity contribution >= 4 is 29.9 Å². The van der Waals surface area contributed by atoms with Crippen LogP contribution in [-0.4, -0.2) is 70.1 Å². The number of guanidine groups is 1. The third kappa shape index (κ3) is 7.57. The highest BCUT2D eigenvalue weighted by atomic mass is 127. The van der Waals surface area contributed by atoms with E-state index in [-0.39, 0.29) is 24.0 Å². The van der Waals surface area contributed by atoms with E-state index in [4.69, 9.17) is 14.2 Å². The molecule has 0 amide bonds. The zero-order valence-corrected chi connectivity index (χ0v) is 21.0. The van der Waals surface area contributed by atoms with E-state index in [0.29, 0.717) is 18.1 Å². The Kier molecular flexibility index (Phi) is 11.2. The van der Waals surface area contributed by atoms with Gasteiger partial charge in [0.05, 0.1) is 25.9 Å². The number of hydrogen-bond donors (Lipinski definition) is 1. The molecule has 2 heterocycles. The van der Waals surface area contributed by atoms with Gasteiger partial charge in [0.15, 0.2) is 5.96 Å². The molecule has 1 aromatic rings. The molecule has 1 N–H and O–H groups in total. The minimum absolute atomic E-state index is 0. The highest BCUT2D eigenvalue weighted by Gasteiger charge is 2.24. The number of methoxy groups -OCH3 is 1. The number of hydrogen-bond acceptors (Lipinski definition) is 4. The molecule has 0 spiro atoms. The second kappa shape index (κ2) is 13.4. The number of likely N-dealkylation sites (tertiary alicyclic amines) is 1. The first-order chi connectivity index (χ1) is 14.2. The van der Waals surface area contributed by atoms with Crippen LogP contribution >= 0.6 is 24.0 Å². The van der Waals surface area contributed by atoms with Gasteiger partial charge in [-0.05, 0) is 55.7 Å². The van der Waals surface area contributed by atoms with Crippen LogP contribution in [0.4, 0.5) is 0 Å². The van der Waals surface area contributed by atoms with Crippen LogP contribution in [0.3, 0.4) is 0 Å². The van der Waals surface area contributed by atoms with Crippen molar-refractivity contribution in [1.82, 2.24) is 10.2 Å². The van der Waals surface area contributed by atoms with Gasteiger partial charge in [-0.2, -0.15) is 0 Å². The van der Waals surface area contributed by atoms with Crippen molar-refractivity contribution in [2.24, 2.45) is 4.99 Å². The van der Waals surface area contributed by atoms with Crippen molar-refractivity contribution in [1.29, 1.82) is 0 Å². The molecule has 2 unspecified atom stereocenters. The molecule has 2 fully saturated rings. The molecule has 0 aliphatic carbocycles. The SMILES string of the molecule is CN=C(NCCC(C)c1ccc(OC)cc1)N1CCC(OCC2CCCO2)CC1.I. The third-order valence-corrected chi connectivity index (χ3v) is 6.04. The molecule has 6 nitrogen and oxygen atoms in total. The predicted octanol–water partition coefficient (Wildman–Crippen LogP) is 4.04. The fourth-order valence-electron chi connectivity index (χ4n) is 4.09. The summed E-state index contributed by atoms with van der Waals surface area (Å²) in [5.41, 5.74) is 1.34. The van der Waals surface area contributed by atoms with Gasteiger partial charge in [0.1, 0.15) is 5.75 Å². The standard InChI is InChI=1S/C23H37N3O3.HI/c1-18(19-6-8-20(27-3)9-7-19)10-13-25-23(24-2)26-14-11-21(12-15-26)29-17-22-5-4-16-28-22;/h6-9,18,21-22H,4-5,10-17H2,1-3H3,(H,24,25);1H. The fraction of sp³-hybridized carbons (Fsp3) is 0.696. The van der Waals surface area contributed by atoms with Crippen LogP contribution in [0.25, 0.3) is 0 Å². The van der Waals surface area contributed by atoms with Crippen LogP contribution in [0.5, 0.6) is 5.75 Å². The molecular formula is C23H38IN3O3. The van der Waals surface area contributed by atoms with Crippen molar-refractivity contribution in [2.75, 3.05) is 47.0 Å². The topological polar surface area (TPSA) is 55.3 Å². The van der Waals surface area contributed by atoms with Gasteiger partial charge in [-0.1, -0.05) is 19.1 Å². The molecule has 0 bridgehead atoms. The number of aliphatic imine (C=N–C) groups is 1. The molecule has 2 aliphatic heterocycles. The molecule has 1 aromatic carbocycles. The molecule has 0 aromatic heterocycles. The summed E-state index contributed by atoms with van der Waals surface area (Å²) < 4.78 is 17.0. The summed E-state index contributed by atoms with van der Waals surface area (Å²) in [6.07, 6.45) is 6.15. The normalized spacial score (nSPS) is 21.2. The second-order valence-corrected chi connectivity index (χ2v) is 8.09. The summed E-state index contributed by atoms with van der Waals surface area (Å²) in [5.74, 6) is 2.40. The maximum Gasteiger partial charge on any atom is 0.193 e. The summed E-state index contributed by atoms with van der Waals surface area (Å²) in [6, 6.07) is 8.37. The van der Waals surface area contributed by atoms with E-state index >= 15 is 0 Å². The van der Waals surface area contributed by atoms with E-state index in [1.54, 1.807) is 7.11 Å². The number of nitrogens with one attached hydrogen (secondary N) is 1. The van der Waals surface area contributed by atoms with Crippen LogP contribution < -0.4 is 10.1 Å². The molecule has 0 saturated carbocycles. The van der Waals surface area contributed by atoms with Crippen molar-refractivity contribution in [2.45, 2.75) is 57.2 Å². The second-order valence-electron chi connectivity index (χ2n) is 8.09. The molecule has 0 radical (unpaired) electrons. The van der Waals surface area contributed by atoms with Crippen molar-refractivity contribution in [3.8, 4) is 5.75 Å². The number of ether oxygens (including phenoxy) is 3. The van der Waals surface area contributed by atoms with E-state index in [0.717, 1.165) is 70.2 Å². The van der Waals surface area contributed by atoms with Gasteiger partial charge in [0, 0.05) is 33.3 Å². The number of benzene rings is 1. The van der Waals surface area contributed by atoms with Gasteiger partial charge >= 0.3 is 0 Å². The maximum atomic E-state index is 6.09. The zero-order valence-electron chi connectivity index (χ0n) is 18.6. The average molecular weight is 531 g/mol. The number of piperidine rings is 1. The Morgan fingerprint density at radius 1 is 1.23 bits per heavy atom. The largest absolute Gasteiger partial charge is 0.497 e. The Bertz CT molecular complexity index is 627. The van der Waals surface area contributed by atoms with Crippen LogP contribution in [0.2, 0.25) is 0 Å². The van der Waals surface area contributed by atoms with Crippen molar-refractivity contribution < 1.29 is 14.2 Å². The molecule has 30 heavy (non-hydrogen) atoms. The van der Waals surface area contributed by atoms with E-state index < -0.39 is 0 Å². The summed E-state index contributed by atoms with van der Waals surface area (Å²) in [6.45, 7) is 6.80. The fourth-order valence-corrected chi connectivity index (χ4v) is 4.09. The third-order valence-electron chi connectivity index (χ3n) is 6.04. The first kappa shape index (κ1) is 25.2. The molecule has 2 atom stereocenters. The molecule has 170 valence electrons. The molecule has 7 heteroatoms.